The number of nitrogens with one attached hydrogen (secondary N) is 1. The Labute approximate surface area is 138 Å². The second-order valence-electron chi connectivity index (χ2n) is 6.95. The summed E-state index contributed by atoms with van der Waals surface area (Å²) in [5.74, 6) is 0.129. The quantitative estimate of drug-likeness (QED) is 0.932. The summed E-state index contributed by atoms with van der Waals surface area (Å²) in [6.45, 7) is 3.29. The fraction of sp³-hybridized carbons (Fsp3) is 0.579. The second kappa shape index (κ2) is 7.16. The molecule has 0 radical (unpaired) electrons. The van der Waals surface area contributed by atoms with Gasteiger partial charge in [-0.2, -0.15) is 0 Å². The van der Waals surface area contributed by atoms with Gasteiger partial charge in [-0.15, -0.1) is 0 Å². The highest BCUT2D eigenvalue weighted by molar-refractivity contribution is 5.95. The molecule has 1 heterocycles. The lowest BCUT2D eigenvalue weighted by molar-refractivity contribution is -0.127. The number of rotatable bonds is 3. The Morgan fingerprint density at radius 2 is 1.91 bits per heavy atom. The minimum absolute atomic E-state index is 0.0482. The molecule has 4 heteroatoms. The van der Waals surface area contributed by atoms with E-state index in [0.29, 0.717) is 12.6 Å². The molecule has 1 aromatic rings. The van der Waals surface area contributed by atoms with E-state index < -0.39 is 0 Å². The maximum atomic E-state index is 12.7. The first-order valence-electron chi connectivity index (χ1n) is 8.80. The number of nitrogens with zero attached hydrogens (tertiary/aromatic N) is 1. The van der Waals surface area contributed by atoms with Crippen molar-refractivity contribution in [1.29, 1.82) is 0 Å². The molecule has 4 nitrogen and oxygen atoms in total. The van der Waals surface area contributed by atoms with Gasteiger partial charge < -0.3 is 10.2 Å². The summed E-state index contributed by atoms with van der Waals surface area (Å²) >= 11 is 0. The first kappa shape index (κ1) is 16.0. The van der Waals surface area contributed by atoms with Gasteiger partial charge in [0.2, 0.25) is 5.91 Å². The molecular weight excluding hydrogens is 288 g/mol. The number of carbonyl (C=O) groups excluding carboxylic acids is 2. The zero-order valence-corrected chi connectivity index (χ0v) is 13.9. The van der Waals surface area contributed by atoms with E-state index in [1.54, 1.807) is 0 Å². The van der Waals surface area contributed by atoms with Crippen LogP contribution in [-0.4, -0.2) is 35.8 Å². The summed E-state index contributed by atoms with van der Waals surface area (Å²) in [4.78, 5) is 27.0. The van der Waals surface area contributed by atoms with E-state index in [4.69, 9.17) is 0 Å². The molecular formula is C19H26N2O2. The summed E-state index contributed by atoms with van der Waals surface area (Å²) < 4.78 is 0. The number of aryl methyl sites for hydroxylation is 1. The van der Waals surface area contributed by atoms with Crippen LogP contribution in [0.2, 0.25) is 0 Å². The van der Waals surface area contributed by atoms with Crippen LogP contribution in [0, 0.1) is 12.8 Å². The molecule has 1 saturated heterocycles. The third-order valence-electron chi connectivity index (χ3n) is 5.05. The van der Waals surface area contributed by atoms with Crippen molar-refractivity contribution < 1.29 is 9.59 Å². The van der Waals surface area contributed by atoms with E-state index in [1.807, 2.05) is 36.1 Å². The average Bonchev–Trinajstić information content (AvgIpc) is 3.07. The first-order chi connectivity index (χ1) is 11.1. The van der Waals surface area contributed by atoms with Gasteiger partial charge in [-0.3, -0.25) is 9.59 Å². The summed E-state index contributed by atoms with van der Waals surface area (Å²) in [6.07, 6.45) is 6.42. The van der Waals surface area contributed by atoms with Gasteiger partial charge in [0.05, 0.1) is 5.92 Å². The van der Waals surface area contributed by atoms with Crippen LogP contribution in [0.4, 0.5) is 0 Å². The van der Waals surface area contributed by atoms with E-state index in [1.165, 1.54) is 12.8 Å². The topological polar surface area (TPSA) is 49.4 Å². The van der Waals surface area contributed by atoms with Crippen molar-refractivity contribution in [3.63, 3.8) is 0 Å². The van der Waals surface area contributed by atoms with E-state index in [0.717, 1.165) is 43.4 Å². The van der Waals surface area contributed by atoms with Gasteiger partial charge in [0.25, 0.3) is 5.91 Å². The maximum absolute atomic E-state index is 12.7. The lowest BCUT2D eigenvalue weighted by Gasteiger charge is -2.32. The molecule has 0 unspecified atom stereocenters. The number of amides is 2. The summed E-state index contributed by atoms with van der Waals surface area (Å²) in [6, 6.07) is 8.04. The van der Waals surface area contributed by atoms with Gasteiger partial charge in [-0.1, -0.05) is 30.5 Å². The first-order valence-corrected chi connectivity index (χ1v) is 8.80. The molecule has 1 aliphatic heterocycles. The van der Waals surface area contributed by atoms with Crippen LogP contribution in [0.25, 0.3) is 0 Å². The second-order valence-corrected chi connectivity index (χ2v) is 6.95. The largest absolute Gasteiger partial charge is 0.353 e. The van der Waals surface area contributed by atoms with Gasteiger partial charge in [0, 0.05) is 24.7 Å². The minimum Gasteiger partial charge on any atom is -0.353 e. The van der Waals surface area contributed by atoms with Crippen LogP contribution in [0.3, 0.4) is 0 Å². The normalized spacial score (nSPS) is 22.1. The molecule has 124 valence electrons. The number of piperidine rings is 1. The number of hydrogen-bond acceptors (Lipinski definition) is 2. The van der Waals surface area contributed by atoms with Crippen LogP contribution in [0.15, 0.2) is 24.3 Å². The summed E-state index contributed by atoms with van der Waals surface area (Å²) in [5, 5.41) is 3.18. The fourth-order valence-electron chi connectivity index (χ4n) is 3.73. The molecule has 23 heavy (non-hydrogen) atoms. The molecule has 1 aliphatic carbocycles. The van der Waals surface area contributed by atoms with E-state index in [-0.39, 0.29) is 17.7 Å². The monoisotopic (exact) mass is 314 g/mol. The molecule has 2 amide bonds. The molecule has 0 bridgehead atoms. The van der Waals surface area contributed by atoms with Crippen LogP contribution < -0.4 is 5.32 Å². The van der Waals surface area contributed by atoms with E-state index in [9.17, 15) is 9.59 Å². The molecule has 2 fully saturated rings. The van der Waals surface area contributed by atoms with Crippen molar-refractivity contribution in [3.05, 3.63) is 35.4 Å². The van der Waals surface area contributed by atoms with Gasteiger partial charge in [-0.25, -0.2) is 0 Å². The smallest absolute Gasteiger partial charge is 0.253 e. The van der Waals surface area contributed by atoms with Crippen LogP contribution >= 0.6 is 0 Å². The van der Waals surface area contributed by atoms with Crippen molar-refractivity contribution in [3.8, 4) is 0 Å². The highest BCUT2D eigenvalue weighted by atomic mass is 16.2. The molecule has 1 aromatic carbocycles. The zero-order chi connectivity index (χ0) is 16.2. The maximum Gasteiger partial charge on any atom is 0.253 e. The molecule has 1 atom stereocenters. The van der Waals surface area contributed by atoms with Crippen LogP contribution in [0.1, 0.15) is 54.4 Å². The Hall–Kier alpha value is -1.84. The Bertz CT molecular complexity index is 578. The zero-order valence-electron chi connectivity index (χ0n) is 13.9. The van der Waals surface area contributed by atoms with Crippen molar-refractivity contribution in [2.24, 2.45) is 5.92 Å². The minimum atomic E-state index is -0.0573. The third kappa shape index (κ3) is 3.92. The molecule has 3 rings (SSSR count). The molecule has 0 aromatic heterocycles. The number of benzene rings is 1. The van der Waals surface area contributed by atoms with Crippen molar-refractivity contribution in [2.45, 2.75) is 51.5 Å². The molecule has 1 N–H and O–H groups in total. The molecule has 1 saturated carbocycles. The molecule has 2 aliphatic rings. The van der Waals surface area contributed by atoms with Gasteiger partial charge >= 0.3 is 0 Å². The standard InChI is InChI=1S/C19H26N2O2/c1-14-6-4-7-15(12-14)19(23)21-11-5-8-16(13-21)18(22)20-17-9-2-3-10-17/h4,6-7,12,16-17H,2-3,5,8-11,13H2,1H3,(H,20,22)/t16-/m1/s1. The van der Waals surface area contributed by atoms with Gasteiger partial charge in [0.15, 0.2) is 0 Å². The summed E-state index contributed by atoms with van der Waals surface area (Å²) in [7, 11) is 0. The number of hydrogen-bond donors (Lipinski definition) is 1. The molecule has 0 spiro atoms. The van der Waals surface area contributed by atoms with E-state index in [2.05, 4.69) is 5.32 Å². The lowest BCUT2D eigenvalue weighted by atomic mass is 9.96. The van der Waals surface area contributed by atoms with Gasteiger partial charge in [-0.05, 0) is 44.7 Å². The van der Waals surface area contributed by atoms with E-state index >= 15 is 0 Å². The Balaban J connectivity index is 1.61. The summed E-state index contributed by atoms with van der Waals surface area (Å²) in [5.41, 5.74) is 1.81. The number of carbonyl (C=O) groups is 2. The Morgan fingerprint density at radius 3 is 2.65 bits per heavy atom. The average molecular weight is 314 g/mol. The predicted molar refractivity (Wildman–Crippen MR) is 90.2 cm³/mol. The van der Waals surface area contributed by atoms with Crippen molar-refractivity contribution in [2.75, 3.05) is 13.1 Å². The highest BCUT2D eigenvalue weighted by Crippen LogP contribution is 2.22. The fourth-order valence-corrected chi connectivity index (χ4v) is 3.73. The SMILES string of the molecule is Cc1cccc(C(=O)N2CCC[C@@H](C(=O)NC3CCCC3)C2)c1. The van der Waals surface area contributed by atoms with Crippen molar-refractivity contribution >= 4 is 11.8 Å². The van der Waals surface area contributed by atoms with Crippen LogP contribution in [0.5, 0.6) is 0 Å². The van der Waals surface area contributed by atoms with Crippen molar-refractivity contribution in [1.82, 2.24) is 10.2 Å². The third-order valence-corrected chi connectivity index (χ3v) is 5.05. The predicted octanol–water partition coefficient (Wildman–Crippen LogP) is 2.91. The van der Waals surface area contributed by atoms with Gasteiger partial charge in [0.1, 0.15) is 0 Å². The lowest BCUT2D eigenvalue weighted by Crippen LogP contribution is -2.47. The van der Waals surface area contributed by atoms with Crippen LogP contribution in [-0.2, 0) is 4.79 Å². The highest BCUT2D eigenvalue weighted by Gasteiger charge is 2.30. The Kier molecular flexibility index (Phi) is 4.99. The Morgan fingerprint density at radius 1 is 1.13 bits per heavy atom. The number of likely N-dealkylation sites (tertiary alicyclic amines) is 1.